The zero-order valence-electron chi connectivity index (χ0n) is 9.21. The number of hydrogen-bond donors (Lipinski definition) is 2. The van der Waals surface area contributed by atoms with E-state index in [1.165, 1.54) is 4.90 Å². The maximum atomic E-state index is 11.4. The minimum absolute atomic E-state index is 0.0464. The number of fused-ring (bicyclic) bond motifs is 1. The molecule has 0 saturated carbocycles. The third-order valence-corrected chi connectivity index (χ3v) is 2.70. The Bertz CT molecular complexity index is 486. The van der Waals surface area contributed by atoms with Crippen LogP contribution in [0.5, 0.6) is 5.75 Å². The van der Waals surface area contributed by atoms with Crippen LogP contribution in [0.15, 0.2) is 18.2 Å². The van der Waals surface area contributed by atoms with Crippen molar-refractivity contribution in [1.82, 2.24) is 0 Å². The first-order valence-corrected chi connectivity index (χ1v) is 5.02. The van der Waals surface area contributed by atoms with E-state index < -0.39 is 12.0 Å². The van der Waals surface area contributed by atoms with Crippen molar-refractivity contribution in [1.29, 1.82) is 0 Å². The highest BCUT2D eigenvalue weighted by Crippen LogP contribution is 2.33. The molecule has 6 nitrogen and oxygen atoms in total. The Morgan fingerprint density at radius 3 is 2.94 bits per heavy atom. The fraction of sp³-hybridized carbons (Fsp3) is 0.273. The van der Waals surface area contributed by atoms with Crippen molar-refractivity contribution in [3.05, 3.63) is 23.8 Å². The maximum Gasteiger partial charge on any atom is 0.325 e. The van der Waals surface area contributed by atoms with Gasteiger partial charge < -0.3 is 20.5 Å². The van der Waals surface area contributed by atoms with Crippen LogP contribution in [0.1, 0.15) is 11.6 Å². The SMILES string of the molecule is CN1C(=O)COc2cc(C(N)C(=O)O)ccc21. The first kappa shape index (κ1) is 11.4. The van der Waals surface area contributed by atoms with Gasteiger partial charge in [0.2, 0.25) is 0 Å². The van der Waals surface area contributed by atoms with Crippen LogP contribution >= 0.6 is 0 Å². The summed E-state index contributed by atoms with van der Waals surface area (Å²) in [4.78, 5) is 23.6. The molecule has 90 valence electrons. The molecule has 0 fully saturated rings. The molecule has 0 saturated heterocycles. The number of carbonyl (C=O) groups excluding carboxylic acids is 1. The third kappa shape index (κ3) is 1.94. The van der Waals surface area contributed by atoms with E-state index in [1.54, 1.807) is 25.2 Å². The molecule has 0 bridgehead atoms. The number of hydrogen-bond acceptors (Lipinski definition) is 4. The van der Waals surface area contributed by atoms with E-state index in [2.05, 4.69) is 0 Å². The number of aliphatic carboxylic acids is 1. The first-order chi connectivity index (χ1) is 8.00. The van der Waals surface area contributed by atoms with Gasteiger partial charge in [-0.25, -0.2) is 0 Å². The van der Waals surface area contributed by atoms with E-state index in [4.69, 9.17) is 15.6 Å². The largest absolute Gasteiger partial charge is 0.482 e. The number of anilines is 1. The van der Waals surface area contributed by atoms with Gasteiger partial charge in [-0.1, -0.05) is 6.07 Å². The summed E-state index contributed by atoms with van der Waals surface area (Å²) < 4.78 is 5.24. The fourth-order valence-electron chi connectivity index (χ4n) is 1.63. The molecule has 0 aromatic heterocycles. The van der Waals surface area contributed by atoms with Crippen molar-refractivity contribution >= 4 is 17.6 Å². The topological polar surface area (TPSA) is 92.9 Å². The summed E-state index contributed by atoms with van der Waals surface area (Å²) in [7, 11) is 1.64. The highest BCUT2D eigenvalue weighted by Gasteiger charge is 2.24. The number of carbonyl (C=O) groups is 2. The Balaban J connectivity index is 2.39. The van der Waals surface area contributed by atoms with E-state index in [0.29, 0.717) is 17.0 Å². The lowest BCUT2D eigenvalue weighted by atomic mass is 10.1. The average molecular weight is 236 g/mol. The predicted molar refractivity (Wildman–Crippen MR) is 59.9 cm³/mol. The van der Waals surface area contributed by atoms with Gasteiger partial charge in [0.15, 0.2) is 6.61 Å². The van der Waals surface area contributed by atoms with Gasteiger partial charge in [0.05, 0.1) is 5.69 Å². The highest BCUT2D eigenvalue weighted by molar-refractivity contribution is 5.97. The predicted octanol–water partition coefficient (Wildman–Crippen LogP) is 0.126. The number of likely N-dealkylation sites (N-methyl/N-ethyl adjacent to an activating group) is 1. The molecule has 1 heterocycles. The van der Waals surface area contributed by atoms with Crippen molar-refractivity contribution in [2.24, 2.45) is 5.73 Å². The summed E-state index contributed by atoms with van der Waals surface area (Å²) in [5.41, 5.74) is 6.55. The van der Waals surface area contributed by atoms with E-state index in [9.17, 15) is 9.59 Å². The molecule has 1 aliphatic heterocycles. The lowest BCUT2D eigenvalue weighted by Gasteiger charge is -2.26. The zero-order chi connectivity index (χ0) is 12.6. The van der Waals surface area contributed by atoms with Crippen LogP contribution in [0, 0.1) is 0 Å². The van der Waals surface area contributed by atoms with Crippen LogP contribution < -0.4 is 15.4 Å². The van der Waals surface area contributed by atoms with Gasteiger partial charge in [-0.2, -0.15) is 0 Å². The monoisotopic (exact) mass is 236 g/mol. The Labute approximate surface area is 97.6 Å². The number of nitrogens with two attached hydrogens (primary N) is 1. The van der Waals surface area contributed by atoms with Crippen molar-refractivity contribution in [3.63, 3.8) is 0 Å². The minimum atomic E-state index is -1.11. The van der Waals surface area contributed by atoms with E-state index in [1.807, 2.05) is 0 Å². The second-order valence-electron chi connectivity index (χ2n) is 3.78. The summed E-state index contributed by atoms with van der Waals surface area (Å²) >= 11 is 0. The Hall–Kier alpha value is -2.08. The van der Waals surface area contributed by atoms with Crippen LogP contribution in [0.2, 0.25) is 0 Å². The number of amides is 1. The lowest BCUT2D eigenvalue weighted by Crippen LogP contribution is -2.35. The zero-order valence-corrected chi connectivity index (χ0v) is 9.21. The lowest BCUT2D eigenvalue weighted by molar-refractivity contribution is -0.138. The molecule has 1 amide bonds. The standard InChI is InChI=1S/C11H12N2O4/c1-13-7-3-2-6(10(12)11(15)16)4-8(7)17-5-9(13)14/h2-4,10H,5,12H2,1H3,(H,15,16). The summed E-state index contributed by atoms with van der Waals surface area (Å²) in [5.74, 6) is -0.778. The summed E-state index contributed by atoms with van der Waals surface area (Å²) in [5, 5.41) is 8.80. The molecule has 3 N–H and O–H groups in total. The number of benzene rings is 1. The second-order valence-corrected chi connectivity index (χ2v) is 3.78. The van der Waals surface area contributed by atoms with E-state index >= 15 is 0 Å². The van der Waals surface area contributed by atoms with Crippen molar-refractivity contribution in [2.45, 2.75) is 6.04 Å². The van der Waals surface area contributed by atoms with Gasteiger partial charge in [0.1, 0.15) is 11.8 Å². The summed E-state index contributed by atoms with van der Waals surface area (Å²) in [6.07, 6.45) is 0. The van der Waals surface area contributed by atoms with Crippen LogP contribution in [0.3, 0.4) is 0 Å². The molecule has 0 radical (unpaired) electrons. The molecule has 2 rings (SSSR count). The highest BCUT2D eigenvalue weighted by atomic mass is 16.5. The Kier molecular flexibility index (Phi) is 2.72. The molecule has 0 aliphatic carbocycles. The third-order valence-electron chi connectivity index (χ3n) is 2.70. The Morgan fingerprint density at radius 1 is 1.59 bits per heavy atom. The number of rotatable bonds is 2. The number of ether oxygens (including phenoxy) is 1. The number of nitrogens with zero attached hydrogens (tertiary/aromatic N) is 1. The molecule has 6 heteroatoms. The van der Waals surface area contributed by atoms with Gasteiger partial charge >= 0.3 is 5.97 Å². The van der Waals surface area contributed by atoms with Gasteiger partial charge in [0.25, 0.3) is 5.91 Å². The quantitative estimate of drug-likeness (QED) is 0.761. The molecule has 1 aliphatic rings. The molecule has 17 heavy (non-hydrogen) atoms. The minimum Gasteiger partial charge on any atom is -0.482 e. The summed E-state index contributed by atoms with van der Waals surface area (Å²) in [6.45, 7) is -0.0464. The molecular formula is C11H12N2O4. The van der Waals surface area contributed by atoms with Gasteiger partial charge in [0, 0.05) is 7.05 Å². The maximum absolute atomic E-state index is 11.4. The first-order valence-electron chi connectivity index (χ1n) is 5.02. The molecule has 1 unspecified atom stereocenters. The van der Waals surface area contributed by atoms with Gasteiger partial charge in [-0.15, -0.1) is 0 Å². The fourth-order valence-corrected chi connectivity index (χ4v) is 1.63. The van der Waals surface area contributed by atoms with Crippen LogP contribution in [-0.4, -0.2) is 30.6 Å². The van der Waals surface area contributed by atoms with Crippen molar-refractivity contribution in [2.75, 3.05) is 18.6 Å². The summed E-state index contributed by atoms with van der Waals surface area (Å²) in [6, 6.07) is 3.67. The van der Waals surface area contributed by atoms with E-state index in [0.717, 1.165) is 0 Å². The smallest absolute Gasteiger partial charge is 0.325 e. The van der Waals surface area contributed by atoms with Crippen LogP contribution in [0.4, 0.5) is 5.69 Å². The van der Waals surface area contributed by atoms with Crippen LogP contribution in [-0.2, 0) is 9.59 Å². The number of carboxylic acids is 1. The van der Waals surface area contributed by atoms with Gasteiger partial charge in [-0.3, -0.25) is 9.59 Å². The second kappa shape index (κ2) is 4.06. The van der Waals surface area contributed by atoms with Crippen molar-refractivity contribution < 1.29 is 19.4 Å². The molecule has 0 spiro atoms. The van der Waals surface area contributed by atoms with E-state index in [-0.39, 0.29) is 12.5 Å². The number of carboxylic acid groups (broad SMARTS) is 1. The normalized spacial score (nSPS) is 16.1. The Morgan fingerprint density at radius 2 is 2.29 bits per heavy atom. The molecule has 1 atom stereocenters. The van der Waals surface area contributed by atoms with Gasteiger partial charge in [-0.05, 0) is 17.7 Å². The molecular weight excluding hydrogens is 224 g/mol. The average Bonchev–Trinajstić information content (AvgIpc) is 2.32. The molecule has 1 aromatic rings. The van der Waals surface area contributed by atoms with Crippen molar-refractivity contribution in [3.8, 4) is 5.75 Å². The van der Waals surface area contributed by atoms with Crippen LogP contribution in [0.25, 0.3) is 0 Å². The molecule has 1 aromatic carbocycles.